The van der Waals surface area contributed by atoms with Gasteiger partial charge in [-0.1, -0.05) is 0 Å². The van der Waals surface area contributed by atoms with Crippen LogP contribution in [0.1, 0.15) is 11.3 Å². The zero-order valence-electron chi connectivity index (χ0n) is 8.09. The number of pyridine rings is 1. The molecule has 4 heteroatoms. The number of nitrogens with zero attached hydrogens (tertiary/aromatic N) is 3. The topological polar surface area (TPSA) is 62.5 Å². The van der Waals surface area contributed by atoms with Crippen molar-refractivity contribution < 1.29 is 0 Å². The van der Waals surface area contributed by atoms with E-state index in [4.69, 9.17) is 5.41 Å². The Morgan fingerprint density at radius 2 is 1.87 bits per heavy atom. The first-order chi connectivity index (χ1) is 7.36. The minimum atomic E-state index is 0.498. The SMILES string of the molecule is N=C(Cc1cnccn1)c1ccncc1. The summed E-state index contributed by atoms with van der Waals surface area (Å²) in [6, 6.07) is 3.64. The zero-order valence-corrected chi connectivity index (χ0v) is 8.09. The molecule has 0 bridgehead atoms. The van der Waals surface area contributed by atoms with Gasteiger partial charge >= 0.3 is 0 Å². The highest BCUT2D eigenvalue weighted by atomic mass is 14.8. The molecule has 0 aliphatic rings. The molecule has 0 saturated heterocycles. The van der Waals surface area contributed by atoms with Crippen molar-refractivity contribution in [2.45, 2.75) is 6.42 Å². The predicted molar refractivity (Wildman–Crippen MR) is 56.8 cm³/mol. The van der Waals surface area contributed by atoms with Crippen molar-refractivity contribution in [1.82, 2.24) is 15.0 Å². The van der Waals surface area contributed by atoms with E-state index in [2.05, 4.69) is 15.0 Å². The van der Waals surface area contributed by atoms with Gasteiger partial charge in [-0.05, 0) is 17.7 Å². The fourth-order valence-corrected chi connectivity index (χ4v) is 1.26. The van der Waals surface area contributed by atoms with Crippen molar-refractivity contribution >= 4 is 5.71 Å². The highest BCUT2D eigenvalue weighted by molar-refractivity contribution is 5.99. The van der Waals surface area contributed by atoms with E-state index in [9.17, 15) is 0 Å². The third-order valence-corrected chi connectivity index (χ3v) is 2.00. The summed E-state index contributed by atoms with van der Waals surface area (Å²) in [6.07, 6.45) is 8.80. The quantitative estimate of drug-likeness (QED) is 0.760. The molecule has 2 aromatic heterocycles. The molecular weight excluding hydrogens is 188 g/mol. The number of rotatable bonds is 3. The molecule has 0 aromatic carbocycles. The highest BCUT2D eigenvalue weighted by Crippen LogP contribution is 2.02. The van der Waals surface area contributed by atoms with Gasteiger partial charge in [0, 0.05) is 43.1 Å². The lowest BCUT2D eigenvalue weighted by Gasteiger charge is -2.02. The Kier molecular flexibility index (Phi) is 2.78. The van der Waals surface area contributed by atoms with Crippen LogP contribution in [-0.2, 0) is 6.42 Å². The lowest BCUT2D eigenvalue weighted by atomic mass is 10.1. The molecular formula is C11H10N4. The van der Waals surface area contributed by atoms with E-state index in [0.29, 0.717) is 12.1 Å². The molecule has 4 nitrogen and oxygen atoms in total. The Morgan fingerprint density at radius 1 is 1.07 bits per heavy atom. The standard InChI is InChI=1S/C11H10N4/c12-11(9-1-3-13-4-2-9)7-10-8-14-5-6-15-10/h1-6,8,12H,7H2. The lowest BCUT2D eigenvalue weighted by molar-refractivity contribution is 1.07. The maximum Gasteiger partial charge on any atom is 0.0646 e. The van der Waals surface area contributed by atoms with Crippen LogP contribution in [0.25, 0.3) is 0 Å². The van der Waals surface area contributed by atoms with Gasteiger partial charge in [0.2, 0.25) is 0 Å². The van der Waals surface area contributed by atoms with E-state index in [1.165, 1.54) is 0 Å². The van der Waals surface area contributed by atoms with E-state index in [-0.39, 0.29) is 0 Å². The van der Waals surface area contributed by atoms with Gasteiger partial charge in [-0.25, -0.2) is 0 Å². The van der Waals surface area contributed by atoms with Crippen molar-refractivity contribution in [3.05, 3.63) is 54.4 Å². The average molecular weight is 198 g/mol. The molecule has 0 spiro atoms. The van der Waals surface area contributed by atoms with E-state index in [1.54, 1.807) is 31.0 Å². The van der Waals surface area contributed by atoms with Crippen LogP contribution in [0.5, 0.6) is 0 Å². The van der Waals surface area contributed by atoms with Gasteiger partial charge < -0.3 is 5.41 Å². The summed E-state index contributed by atoms with van der Waals surface area (Å²) in [5.41, 5.74) is 2.20. The minimum absolute atomic E-state index is 0.498. The van der Waals surface area contributed by atoms with Crippen molar-refractivity contribution in [1.29, 1.82) is 5.41 Å². The first-order valence-corrected chi connectivity index (χ1v) is 4.59. The molecule has 74 valence electrons. The predicted octanol–water partition coefficient (Wildman–Crippen LogP) is 1.48. The molecule has 0 unspecified atom stereocenters. The van der Waals surface area contributed by atoms with E-state index in [1.807, 2.05) is 12.1 Å². The molecule has 0 saturated carbocycles. The summed E-state index contributed by atoms with van der Waals surface area (Å²) >= 11 is 0. The zero-order chi connectivity index (χ0) is 10.5. The number of hydrogen-bond acceptors (Lipinski definition) is 4. The van der Waals surface area contributed by atoms with Crippen molar-refractivity contribution in [2.75, 3.05) is 0 Å². The van der Waals surface area contributed by atoms with Crippen LogP contribution in [0.15, 0.2) is 43.1 Å². The molecule has 1 N–H and O–H groups in total. The van der Waals surface area contributed by atoms with Crippen molar-refractivity contribution in [2.24, 2.45) is 0 Å². The van der Waals surface area contributed by atoms with Crippen LogP contribution >= 0.6 is 0 Å². The molecule has 0 aliphatic carbocycles. The first kappa shape index (κ1) is 9.45. The summed E-state index contributed by atoms with van der Waals surface area (Å²) in [6.45, 7) is 0. The number of aromatic nitrogens is 3. The highest BCUT2D eigenvalue weighted by Gasteiger charge is 2.02. The second kappa shape index (κ2) is 4.41. The third kappa shape index (κ3) is 2.43. The van der Waals surface area contributed by atoms with Gasteiger partial charge in [0.1, 0.15) is 0 Å². The molecule has 0 atom stereocenters. The van der Waals surface area contributed by atoms with Crippen molar-refractivity contribution in [3.63, 3.8) is 0 Å². The fraction of sp³-hybridized carbons (Fsp3) is 0.0909. The Bertz CT molecular complexity index is 439. The maximum atomic E-state index is 7.87. The molecule has 15 heavy (non-hydrogen) atoms. The summed E-state index contributed by atoms with van der Waals surface area (Å²) in [5.74, 6) is 0. The summed E-state index contributed by atoms with van der Waals surface area (Å²) < 4.78 is 0. The molecule has 2 heterocycles. The molecule has 0 radical (unpaired) electrons. The van der Waals surface area contributed by atoms with E-state index < -0.39 is 0 Å². The second-order valence-corrected chi connectivity index (χ2v) is 3.09. The Morgan fingerprint density at radius 3 is 2.53 bits per heavy atom. The van der Waals surface area contributed by atoms with Gasteiger partial charge in [0.15, 0.2) is 0 Å². The maximum absolute atomic E-state index is 7.87. The van der Waals surface area contributed by atoms with Crippen LogP contribution < -0.4 is 0 Å². The third-order valence-electron chi connectivity index (χ3n) is 2.00. The summed E-state index contributed by atoms with van der Waals surface area (Å²) in [5, 5.41) is 7.87. The normalized spacial score (nSPS) is 9.87. The number of nitrogens with one attached hydrogen (secondary N) is 1. The van der Waals surface area contributed by atoms with Crippen LogP contribution in [0.3, 0.4) is 0 Å². The largest absolute Gasteiger partial charge is 0.304 e. The van der Waals surface area contributed by atoms with Gasteiger partial charge in [-0.2, -0.15) is 0 Å². The minimum Gasteiger partial charge on any atom is -0.304 e. The Labute approximate surface area is 87.6 Å². The van der Waals surface area contributed by atoms with Crippen LogP contribution in [0, 0.1) is 5.41 Å². The second-order valence-electron chi connectivity index (χ2n) is 3.09. The lowest BCUT2D eigenvalue weighted by Crippen LogP contribution is -2.05. The Balaban J connectivity index is 2.12. The monoisotopic (exact) mass is 198 g/mol. The van der Waals surface area contributed by atoms with Gasteiger partial charge in [0.05, 0.1) is 5.69 Å². The van der Waals surface area contributed by atoms with Crippen LogP contribution in [0.2, 0.25) is 0 Å². The van der Waals surface area contributed by atoms with Crippen LogP contribution in [-0.4, -0.2) is 20.7 Å². The smallest absolute Gasteiger partial charge is 0.0646 e. The molecule has 0 fully saturated rings. The van der Waals surface area contributed by atoms with Gasteiger partial charge in [0.25, 0.3) is 0 Å². The number of hydrogen-bond donors (Lipinski definition) is 1. The molecule has 2 aromatic rings. The van der Waals surface area contributed by atoms with Gasteiger partial charge in [-0.3, -0.25) is 15.0 Å². The van der Waals surface area contributed by atoms with Gasteiger partial charge in [-0.15, -0.1) is 0 Å². The molecule has 0 amide bonds. The summed E-state index contributed by atoms with van der Waals surface area (Å²) in [7, 11) is 0. The average Bonchev–Trinajstić information content (AvgIpc) is 2.31. The van der Waals surface area contributed by atoms with Crippen LogP contribution in [0.4, 0.5) is 0 Å². The van der Waals surface area contributed by atoms with E-state index >= 15 is 0 Å². The first-order valence-electron chi connectivity index (χ1n) is 4.59. The molecule has 2 rings (SSSR count). The Hall–Kier alpha value is -2.10. The van der Waals surface area contributed by atoms with Crippen molar-refractivity contribution in [3.8, 4) is 0 Å². The fourth-order valence-electron chi connectivity index (χ4n) is 1.26. The summed E-state index contributed by atoms with van der Waals surface area (Å²) in [4.78, 5) is 12.0. The van der Waals surface area contributed by atoms with E-state index in [0.717, 1.165) is 11.3 Å². The molecule has 0 aliphatic heterocycles.